The molecule has 0 aromatic heterocycles. The lowest BCUT2D eigenvalue weighted by Crippen LogP contribution is -2.40. The van der Waals surface area contributed by atoms with Crippen LogP contribution in [0.25, 0.3) is 0 Å². The molecule has 11 heavy (non-hydrogen) atoms. The highest BCUT2D eigenvalue weighted by Crippen LogP contribution is 2.29. The van der Waals surface area contributed by atoms with Crippen LogP contribution < -0.4 is 5.32 Å². The van der Waals surface area contributed by atoms with Crippen LogP contribution in [0.4, 0.5) is 0 Å². The Morgan fingerprint density at radius 1 is 1.73 bits per heavy atom. The Kier molecular flexibility index (Phi) is 2.53. The Morgan fingerprint density at radius 2 is 2.36 bits per heavy atom. The molecule has 1 saturated carbocycles. The van der Waals surface area contributed by atoms with E-state index in [1.54, 1.807) is 0 Å². The SMILES string of the molecule is C#CC(=O)NC(C)C1CCC1. The van der Waals surface area contributed by atoms with Gasteiger partial charge in [-0.2, -0.15) is 0 Å². The molecule has 1 fully saturated rings. The number of hydrogen-bond donors (Lipinski definition) is 1. The van der Waals surface area contributed by atoms with Crippen LogP contribution in [0.1, 0.15) is 26.2 Å². The molecule has 1 aliphatic rings. The molecule has 60 valence electrons. The van der Waals surface area contributed by atoms with Crippen LogP contribution in [0.2, 0.25) is 0 Å². The van der Waals surface area contributed by atoms with Gasteiger partial charge in [-0.1, -0.05) is 6.42 Å². The van der Waals surface area contributed by atoms with E-state index in [1.807, 2.05) is 12.8 Å². The number of carbonyl (C=O) groups is 1. The molecule has 0 bridgehead atoms. The summed E-state index contributed by atoms with van der Waals surface area (Å²) in [4.78, 5) is 10.7. The average molecular weight is 151 g/mol. The Labute approximate surface area is 67.4 Å². The summed E-state index contributed by atoms with van der Waals surface area (Å²) in [7, 11) is 0. The van der Waals surface area contributed by atoms with E-state index in [-0.39, 0.29) is 11.9 Å². The third-order valence-corrected chi connectivity index (χ3v) is 2.35. The molecule has 1 rings (SSSR count). The van der Waals surface area contributed by atoms with Gasteiger partial charge in [-0.25, -0.2) is 0 Å². The van der Waals surface area contributed by atoms with Crippen LogP contribution in [0.3, 0.4) is 0 Å². The number of amides is 1. The molecule has 2 heteroatoms. The van der Waals surface area contributed by atoms with Crippen molar-refractivity contribution in [3.05, 3.63) is 0 Å². The predicted molar refractivity (Wildman–Crippen MR) is 43.8 cm³/mol. The maximum atomic E-state index is 10.7. The number of nitrogens with one attached hydrogen (secondary N) is 1. The van der Waals surface area contributed by atoms with Crippen molar-refractivity contribution < 1.29 is 4.79 Å². The highest BCUT2D eigenvalue weighted by atomic mass is 16.1. The van der Waals surface area contributed by atoms with Gasteiger partial charge in [-0.3, -0.25) is 4.79 Å². The zero-order chi connectivity index (χ0) is 8.27. The van der Waals surface area contributed by atoms with Crippen molar-refractivity contribution in [2.24, 2.45) is 5.92 Å². The monoisotopic (exact) mass is 151 g/mol. The van der Waals surface area contributed by atoms with Gasteiger partial charge in [0.15, 0.2) is 0 Å². The normalized spacial score (nSPS) is 19.6. The van der Waals surface area contributed by atoms with E-state index in [9.17, 15) is 4.79 Å². The summed E-state index contributed by atoms with van der Waals surface area (Å²) in [5, 5.41) is 2.76. The summed E-state index contributed by atoms with van der Waals surface area (Å²) in [6, 6.07) is 0.257. The van der Waals surface area contributed by atoms with Crippen LogP contribution in [-0.4, -0.2) is 11.9 Å². The topological polar surface area (TPSA) is 29.1 Å². The molecule has 0 spiro atoms. The van der Waals surface area contributed by atoms with E-state index in [0.29, 0.717) is 5.92 Å². The first-order valence-electron chi connectivity index (χ1n) is 4.01. The lowest BCUT2D eigenvalue weighted by Gasteiger charge is -2.31. The standard InChI is InChI=1S/C9H13NO/c1-3-9(11)10-7(2)8-5-4-6-8/h1,7-8H,4-6H2,2H3,(H,10,11). The van der Waals surface area contributed by atoms with E-state index in [1.165, 1.54) is 19.3 Å². The molecule has 0 saturated heterocycles. The van der Waals surface area contributed by atoms with E-state index in [0.717, 1.165) is 0 Å². The van der Waals surface area contributed by atoms with E-state index in [4.69, 9.17) is 6.42 Å². The van der Waals surface area contributed by atoms with Gasteiger partial charge in [0.05, 0.1) is 0 Å². The van der Waals surface area contributed by atoms with Gasteiger partial charge >= 0.3 is 0 Å². The van der Waals surface area contributed by atoms with Gasteiger partial charge in [-0.05, 0) is 31.6 Å². The van der Waals surface area contributed by atoms with E-state index in [2.05, 4.69) is 5.32 Å². The second-order valence-corrected chi connectivity index (χ2v) is 3.10. The molecule has 1 amide bonds. The van der Waals surface area contributed by atoms with Gasteiger partial charge in [0.1, 0.15) is 0 Å². The lowest BCUT2D eigenvalue weighted by atomic mass is 9.80. The Bertz CT molecular complexity index is 188. The molecule has 0 aliphatic heterocycles. The van der Waals surface area contributed by atoms with Gasteiger partial charge in [0, 0.05) is 6.04 Å². The van der Waals surface area contributed by atoms with Gasteiger partial charge < -0.3 is 5.32 Å². The molecule has 2 nitrogen and oxygen atoms in total. The molecular weight excluding hydrogens is 138 g/mol. The van der Waals surface area contributed by atoms with Crippen molar-refractivity contribution in [2.75, 3.05) is 0 Å². The van der Waals surface area contributed by atoms with Crippen molar-refractivity contribution in [1.82, 2.24) is 5.32 Å². The molecule has 0 radical (unpaired) electrons. The average Bonchev–Trinajstić information content (AvgIpc) is 1.83. The van der Waals surface area contributed by atoms with Gasteiger partial charge in [-0.15, -0.1) is 6.42 Å². The largest absolute Gasteiger partial charge is 0.343 e. The van der Waals surface area contributed by atoms with Crippen LogP contribution in [0.15, 0.2) is 0 Å². The van der Waals surface area contributed by atoms with Crippen LogP contribution >= 0.6 is 0 Å². The fraction of sp³-hybridized carbons (Fsp3) is 0.667. The van der Waals surface area contributed by atoms with Crippen LogP contribution in [0.5, 0.6) is 0 Å². The van der Waals surface area contributed by atoms with Gasteiger partial charge in [0.2, 0.25) is 0 Å². The van der Waals surface area contributed by atoms with Crippen molar-refractivity contribution in [1.29, 1.82) is 0 Å². The summed E-state index contributed by atoms with van der Waals surface area (Å²) in [6.45, 7) is 2.01. The minimum atomic E-state index is -0.288. The zero-order valence-electron chi connectivity index (χ0n) is 6.76. The maximum absolute atomic E-state index is 10.7. The van der Waals surface area contributed by atoms with Crippen LogP contribution in [-0.2, 0) is 4.79 Å². The first kappa shape index (κ1) is 8.13. The molecule has 0 aromatic carbocycles. The third-order valence-electron chi connectivity index (χ3n) is 2.35. The van der Waals surface area contributed by atoms with E-state index < -0.39 is 0 Å². The summed E-state index contributed by atoms with van der Waals surface area (Å²) in [5.74, 6) is 2.42. The Hall–Kier alpha value is -0.970. The van der Waals surface area contributed by atoms with Crippen molar-refractivity contribution in [2.45, 2.75) is 32.2 Å². The molecule has 1 N–H and O–H groups in total. The highest BCUT2D eigenvalue weighted by molar-refractivity contribution is 5.92. The minimum Gasteiger partial charge on any atom is -0.343 e. The Morgan fingerprint density at radius 3 is 2.73 bits per heavy atom. The highest BCUT2D eigenvalue weighted by Gasteiger charge is 2.24. The summed E-state index contributed by atoms with van der Waals surface area (Å²) < 4.78 is 0. The minimum absolute atomic E-state index is 0.257. The molecule has 0 aromatic rings. The zero-order valence-corrected chi connectivity index (χ0v) is 6.76. The number of rotatable bonds is 2. The van der Waals surface area contributed by atoms with Crippen molar-refractivity contribution in [3.8, 4) is 12.3 Å². The predicted octanol–water partition coefficient (Wildman–Crippen LogP) is 0.924. The fourth-order valence-electron chi connectivity index (χ4n) is 1.31. The molecular formula is C9H13NO. The quantitative estimate of drug-likeness (QED) is 0.584. The number of hydrogen-bond acceptors (Lipinski definition) is 1. The second-order valence-electron chi connectivity index (χ2n) is 3.10. The fourth-order valence-corrected chi connectivity index (χ4v) is 1.31. The number of terminal acetylenes is 1. The third kappa shape index (κ3) is 1.98. The lowest BCUT2D eigenvalue weighted by molar-refractivity contribution is -0.116. The van der Waals surface area contributed by atoms with Crippen LogP contribution in [0, 0.1) is 18.3 Å². The molecule has 1 unspecified atom stereocenters. The summed E-state index contributed by atoms with van der Waals surface area (Å²) in [5.41, 5.74) is 0. The van der Waals surface area contributed by atoms with Crippen molar-refractivity contribution in [3.63, 3.8) is 0 Å². The molecule has 1 aliphatic carbocycles. The molecule has 0 heterocycles. The Balaban J connectivity index is 2.25. The van der Waals surface area contributed by atoms with E-state index >= 15 is 0 Å². The second kappa shape index (κ2) is 3.43. The van der Waals surface area contributed by atoms with Gasteiger partial charge in [0.25, 0.3) is 5.91 Å². The molecule has 1 atom stereocenters. The number of carbonyl (C=O) groups excluding carboxylic acids is 1. The first-order chi connectivity index (χ1) is 5.24. The first-order valence-corrected chi connectivity index (χ1v) is 4.01. The van der Waals surface area contributed by atoms with Crippen molar-refractivity contribution >= 4 is 5.91 Å². The smallest absolute Gasteiger partial charge is 0.295 e. The summed E-state index contributed by atoms with van der Waals surface area (Å²) in [6.07, 6.45) is 8.67. The maximum Gasteiger partial charge on any atom is 0.295 e. The summed E-state index contributed by atoms with van der Waals surface area (Å²) >= 11 is 0.